The standard InChI is InChI=1S/C33H35FN4O3/c1-7-19-15(2)24-12-28-22(14-34)17(4)23(36-28)11-25-16(3)20(8-9-30(40)41-6)32(37-25)21-10-29(39)31-18(5)26(38-33(21)31)13-27(19)35-24/h11-13,16,20,37,39H,7-10,14H2,1-6H3/t16-,20-/m0/s1. The van der Waals surface area contributed by atoms with Crippen LogP contribution >= 0.6 is 0 Å². The molecule has 1 fully saturated rings. The fraction of sp³-hybridized carbons (Fsp3) is 0.394. The molecular weight excluding hydrogens is 519 g/mol. The van der Waals surface area contributed by atoms with Crippen molar-refractivity contribution >= 4 is 23.1 Å². The van der Waals surface area contributed by atoms with E-state index in [1.165, 1.54) is 7.11 Å². The lowest BCUT2D eigenvalue weighted by molar-refractivity contribution is -0.140. The molecule has 0 aromatic carbocycles. The van der Waals surface area contributed by atoms with Gasteiger partial charge in [-0.15, -0.1) is 0 Å². The molecule has 0 radical (unpaired) electrons. The van der Waals surface area contributed by atoms with Crippen LogP contribution in [0.4, 0.5) is 4.39 Å². The zero-order valence-corrected chi connectivity index (χ0v) is 24.4. The van der Waals surface area contributed by atoms with Crippen molar-refractivity contribution in [3.63, 3.8) is 0 Å². The van der Waals surface area contributed by atoms with Crippen molar-refractivity contribution in [2.45, 2.75) is 60.3 Å². The van der Waals surface area contributed by atoms with Crippen LogP contribution < -0.4 is 5.32 Å². The van der Waals surface area contributed by atoms with Gasteiger partial charge in [-0.05, 0) is 74.1 Å². The molecule has 5 aliphatic heterocycles. The summed E-state index contributed by atoms with van der Waals surface area (Å²) in [4.78, 5) is 27.0. The van der Waals surface area contributed by atoms with E-state index in [4.69, 9.17) is 19.7 Å². The Morgan fingerprint density at radius 1 is 1.05 bits per heavy atom. The third-order valence-electron chi connectivity index (χ3n) is 9.20. The number of hydrogen-bond acceptors (Lipinski definition) is 7. The molecule has 0 aromatic rings. The van der Waals surface area contributed by atoms with Crippen LogP contribution in [-0.4, -0.2) is 42.0 Å². The lowest BCUT2D eigenvalue weighted by Crippen LogP contribution is -2.16. The highest BCUT2D eigenvalue weighted by atomic mass is 19.1. The smallest absolute Gasteiger partial charge is 0.305 e. The van der Waals surface area contributed by atoms with E-state index in [-0.39, 0.29) is 24.2 Å². The van der Waals surface area contributed by atoms with Crippen molar-refractivity contribution in [3.8, 4) is 0 Å². The van der Waals surface area contributed by atoms with Gasteiger partial charge in [0.05, 0.1) is 41.3 Å². The number of aliphatic hydroxyl groups is 1. The molecule has 0 aromatic heterocycles. The van der Waals surface area contributed by atoms with Crippen LogP contribution in [0.5, 0.6) is 0 Å². The molecule has 6 rings (SSSR count). The van der Waals surface area contributed by atoms with Crippen molar-refractivity contribution in [1.29, 1.82) is 0 Å². The Kier molecular flexibility index (Phi) is 6.67. The first-order valence-electron chi connectivity index (χ1n) is 14.3. The number of halogens is 1. The lowest BCUT2D eigenvalue weighted by Gasteiger charge is -2.17. The Morgan fingerprint density at radius 3 is 2.41 bits per heavy atom. The summed E-state index contributed by atoms with van der Waals surface area (Å²) in [6, 6.07) is 0. The fourth-order valence-corrected chi connectivity index (χ4v) is 6.70. The molecule has 1 saturated heterocycles. The van der Waals surface area contributed by atoms with E-state index >= 15 is 0 Å². The van der Waals surface area contributed by atoms with Gasteiger partial charge in [-0.1, -0.05) is 13.8 Å². The summed E-state index contributed by atoms with van der Waals surface area (Å²) in [5.41, 5.74) is 12.5. The van der Waals surface area contributed by atoms with E-state index in [1.807, 2.05) is 39.0 Å². The summed E-state index contributed by atoms with van der Waals surface area (Å²) >= 11 is 0. The van der Waals surface area contributed by atoms with E-state index in [2.05, 4.69) is 19.2 Å². The minimum atomic E-state index is -0.621. The SMILES string of the molecule is CCC1=C(C)C2=NC1=CC1=C(C)C3=C(O)CC(=C4NC(=CC5=NC(=C2)C(CF)=C5C)[C@@H](C)[C@@H]4CCC(=O)OC)C3=N1. The molecule has 41 heavy (non-hydrogen) atoms. The molecule has 212 valence electrons. The molecule has 0 unspecified atom stereocenters. The van der Waals surface area contributed by atoms with Gasteiger partial charge in [0, 0.05) is 52.8 Å². The van der Waals surface area contributed by atoms with Gasteiger partial charge in [-0.3, -0.25) is 4.79 Å². The number of aliphatic imine (C=N–C) groups is 3. The van der Waals surface area contributed by atoms with Crippen LogP contribution in [0.3, 0.4) is 0 Å². The molecule has 2 N–H and O–H groups in total. The van der Waals surface area contributed by atoms with Crippen LogP contribution in [0.15, 0.2) is 106 Å². The number of alkyl halides is 1. The second-order valence-corrected chi connectivity index (χ2v) is 11.3. The highest BCUT2D eigenvalue weighted by Crippen LogP contribution is 2.46. The molecule has 1 aliphatic carbocycles. The molecule has 8 heteroatoms. The molecule has 8 bridgehead atoms. The van der Waals surface area contributed by atoms with E-state index in [0.29, 0.717) is 35.6 Å². The Hall–Kier alpha value is -4.07. The largest absolute Gasteiger partial charge is 0.511 e. The van der Waals surface area contributed by atoms with Crippen molar-refractivity contribution in [1.82, 2.24) is 5.32 Å². The number of carbonyl (C=O) groups excluding carboxylic acids is 1. The van der Waals surface area contributed by atoms with Gasteiger partial charge in [-0.25, -0.2) is 19.4 Å². The minimum absolute atomic E-state index is 0.0237. The van der Waals surface area contributed by atoms with E-state index in [0.717, 1.165) is 74.1 Å². The van der Waals surface area contributed by atoms with Crippen molar-refractivity contribution < 1.29 is 19.0 Å². The summed E-state index contributed by atoms with van der Waals surface area (Å²) in [6.07, 6.45) is 7.89. The summed E-state index contributed by atoms with van der Waals surface area (Å²) in [7, 11) is 1.40. The third kappa shape index (κ3) is 4.23. The number of methoxy groups -OCH3 is 1. The van der Waals surface area contributed by atoms with E-state index in [1.54, 1.807) is 0 Å². The van der Waals surface area contributed by atoms with Crippen molar-refractivity contribution in [3.05, 3.63) is 91.5 Å². The van der Waals surface area contributed by atoms with Gasteiger partial charge in [-0.2, -0.15) is 0 Å². The lowest BCUT2D eigenvalue weighted by atomic mass is 9.86. The molecule has 5 heterocycles. The number of rotatable bonds is 5. The molecule has 6 aliphatic rings. The second kappa shape index (κ2) is 10.1. The molecule has 2 atom stereocenters. The van der Waals surface area contributed by atoms with Gasteiger partial charge < -0.3 is 15.2 Å². The number of allylic oxidation sites excluding steroid dienone is 12. The highest BCUT2D eigenvalue weighted by Gasteiger charge is 2.41. The van der Waals surface area contributed by atoms with E-state index < -0.39 is 6.67 Å². The number of nitrogens with zero attached hydrogens (tertiary/aromatic N) is 3. The first-order chi connectivity index (χ1) is 19.7. The number of ether oxygens (including phenoxy) is 1. The molecule has 0 saturated carbocycles. The quantitative estimate of drug-likeness (QED) is 0.375. The summed E-state index contributed by atoms with van der Waals surface area (Å²) in [5.74, 6) is 0.0397. The van der Waals surface area contributed by atoms with Crippen LogP contribution in [0.25, 0.3) is 0 Å². The predicted octanol–water partition coefficient (Wildman–Crippen LogP) is 6.58. The monoisotopic (exact) mass is 554 g/mol. The first-order valence-corrected chi connectivity index (χ1v) is 14.3. The molecular formula is C33H35FN4O3. The average molecular weight is 555 g/mol. The Labute approximate surface area is 239 Å². The zero-order valence-electron chi connectivity index (χ0n) is 24.4. The number of aliphatic hydroxyl groups excluding tert-OH is 1. The van der Waals surface area contributed by atoms with Gasteiger partial charge in [0.1, 0.15) is 12.4 Å². The molecule has 0 spiro atoms. The first kappa shape index (κ1) is 27.1. The van der Waals surface area contributed by atoms with Crippen LogP contribution in [-0.2, 0) is 9.53 Å². The number of esters is 1. The number of carbonyl (C=O) groups is 1. The fourth-order valence-electron chi connectivity index (χ4n) is 6.70. The van der Waals surface area contributed by atoms with Gasteiger partial charge in [0.25, 0.3) is 0 Å². The van der Waals surface area contributed by atoms with Gasteiger partial charge >= 0.3 is 5.97 Å². The average Bonchev–Trinajstić information content (AvgIpc) is 3.70. The Morgan fingerprint density at radius 2 is 1.73 bits per heavy atom. The predicted molar refractivity (Wildman–Crippen MR) is 159 cm³/mol. The maximum absolute atomic E-state index is 14.4. The number of nitrogens with one attached hydrogen (secondary N) is 1. The molecule has 0 amide bonds. The minimum Gasteiger partial charge on any atom is -0.511 e. The van der Waals surface area contributed by atoms with E-state index in [9.17, 15) is 14.3 Å². The van der Waals surface area contributed by atoms with Crippen LogP contribution in [0.1, 0.15) is 60.3 Å². The Bertz CT molecular complexity index is 1650. The topological polar surface area (TPSA) is 95.6 Å². The van der Waals surface area contributed by atoms with Crippen LogP contribution in [0, 0.1) is 11.8 Å². The van der Waals surface area contributed by atoms with Crippen LogP contribution in [0.2, 0.25) is 0 Å². The highest BCUT2D eigenvalue weighted by molar-refractivity contribution is 6.21. The van der Waals surface area contributed by atoms with Crippen molar-refractivity contribution in [2.24, 2.45) is 26.8 Å². The Balaban J connectivity index is 1.59. The number of fused-ring (bicyclic) bond motifs is 5. The maximum atomic E-state index is 14.4. The summed E-state index contributed by atoms with van der Waals surface area (Å²) < 4.78 is 19.3. The van der Waals surface area contributed by atoms with Gasteiger partial charge in [0.15, 0.2) is 0 Å². The normalized spacial score (nSPS) is 25.0. The maximum Gasteiger partial charge on any atom is 0.305 e. The number of hydrogen-bond donors (Lipinski definition) is 2. The van der Waals surface area contributed by atoms with Crippen molar-refractivity contribution in [2.75, 3.05) is 13.8 Å². The summed E-state index contributed by atoms with van der Waals surface area (Å²) in [6.45, 7) is 9.54. The summed E-state index contributed by atoms with van der Waals surface area (Å²) in [5, 5.41) is 14.8. The van der Waals surface area contributed by atoms with Gasteiger partial charge in [0.2, 0.25) is 0 Å². The third-order valence-corrected chi connectivity index (χ3v) is 9.20. The zero-order chi connectivity index (χ0) is 29.2. The molecule has 7 nitrogen and oxygen atoms in total. The second-order valence-electron chi connectivity index (χ2n) is 11.3.